The molecular weight excluding hydrogens is 430 g/mol. The van der Waals surface area contributed by atoms with E-state index in [4.69, 9.17) is 11.6 Å². The van der Waals surface area contributed by atoms with Gasteiger partial charge in [-0.05, 0) is 42.6 Å². The number of sulfonamides is 1. The van der Waals surface area contributed by atoms with Gasteiger partial charge in [0.2, 0.25) is 10.0 Å². The zero-order valence-corrected chi connectivity index (χ0v) is 20.2. The number of hydrogen-bond acceptors (Lipinski definition) is 4. The zero-order valence-electron chi connectivity index (χ0n) is 18.6. The Balaban J connectivity index is 1.51. The first kappa shape index (κ1) is 24.2. The van der Waals surface area contributed by atoms with Gasteiger partial charge in [0, 0.05) is 45.3 Å². The fourth-order valence-electron chi connectivity index (χ4n) is 4.12. The lowest BCUT2D eigenvalue weighted by molar-refractivity contribution is 0.108. The van der Waals surface area contributed by atoms with E-state index in [0.29, 0.717) is 0 Å². The molecule has 31 heavy (non-hydrogen) atoms. The highest BCUT2D eigenvalue weighted by Crippen LogP contribution is 2.30. The van der Waals surface area contributed by atoms with Crippen LogP contribution < -0.4 is 0 Å². The molecule has 0 aliphatic carbocycles. The summed E-state index contributed by atoms with van der Waals surface area (Å²) in [6.07, 6.45) is 2.72. The Morgan fingerprint density at radius 1 is 0.871 bits per heavy atom. The van der Waals surface area contributed by atoms with Crippen LogP contribution in [0.5, 0.6) is 0 Å². The highest BCUT2D eigenvalue weighted by molar-refractivity contribution is 7.89. The normalized spacial score (nSPS) is 17.2. The lowest BCUT2D eigenvalue weighted by Crippen LogP contribution is -2.48. The van der Waals surface area contributed by atoms with E-state index < -0.39 is 10.0 Å². The first-order valence-corrected chi connectivity index (χ1v) is 13.0. The average Bonchev–Trinajstić information content (AvgIpc) is 2.76. The topological polar surface area (TPSA) is 43.9 Å². The molecule has 1 saturated heterocycles. The van der Waals surface area contributed by atoms with E-state index in [1.807, 2.05) is 12.1 Å². The zero-order chi connectivity index (χ0) is 22.3. The van der Waals surface area contributed by atoms with Gasteiger partial charge in [-0.15, -0.1) is 0 Å². The Morgan fingerprint density at radius 2 is 1.48 bits per heavy atom. The number of benzene rings is 2. The Hall–Kier alpha value is -1.44. The number of unbranched alkanes of at least 4 members (excludes halogenated alkanes) is 2. The molecule has 170 valence electrons. The molecule has 1 atom stereocenters. The SMILES string of the molecule is CN(C)S(=O)(=O)CCCCCN1CCN(C(c2ccccc2)c2ccc(Cl)cc2)CC1. The van der Waals surface area contributed by atoms with Crippen molar-refractivity contribution in [2.24, 2.45) is 0 Å². The lowest BCUT2D eigenvalue weighted by Gasteiger charge is -2.40. The summed E-state index contributed by atoms with van der Waals surface area (Å²) >= 11 is 6.12. The lowest BCUT2D eigenvalue weighted by atomic mass is 9.96. The van der Waals surface area contributed by atoms with Crippen molar-refractivity contribution in [3.05, 3.63) is 70.7 Å². The molecule has 2 aromatic carbocycles. The van der Waals surface area contributed by atoms with Gasteiger partial charge in [0.15, 0.2) is 0 Å². The third kappa shape index (κ3) is 7.02. The van der Waals surface area contributed by atoms with Crippen molar-refractivity contribution < 1.29 is 8.42 Å². The van der Waals surface area contributed by atoms with Gasteiger partial charge >= 0.3 is 0 Å². The molecule has 7 heteroatoms. The van der Waals surface area contributed by atoms with Crippen molar-refractivity contribution in [1.29, 1.82) is 0 Å². The molecular formula is C24H34ClN3O2S. The van der Waals surface area contributed by atoms with Crippen molar-refractivity contribution in [2.45, 2.75) is 25.3 Å². The molecule has 0 amide bonds. The van der Waals surface area contributed by atoms with Crippen molar-refractivity contribution in [3.63, 3.8) is 0 Å². The minimum atomic E-state index is -3.07. The summed E-state index contributed by atoms with van der Waals surface area (Å²) in [5, 5.41) is 0.763. The first-order chi connectivity index (χ1) is 14.9. The van der Waals surface area contributed by atoms with Gasteiger partial charge in [0.1, 0.15) is 0 Å². The summed E-state index contributed by atoms with van der Waals surface area (Å²) in [6.45, 7) is 5.13. The largest absolute Gasteiger partial charge is 0.301 e. The Morgan fingerprint density at radius 3 is 2.10 bits per heavy atom. The van der Waals surface area contributed by atoms with E-state index in [2.05, 4.69) is 52.3 Å². The van der Waals surface area contributed by atoms with E-state index in [9.17, 15) is 8.42 Å². The highest BCUT2D eigenvalue weighted by Gasteiger charge is 2.26. The maximum atomic E-state index is 11.9. The Bertz CT molecular complexity index is 896. The minimum absolute atomic E-state index is 0.233. The van der Waals surface area contributed by atoms with Crippen molar-refractivity contribution in [2.75, 3.05) is 52.6 Å². The highest BCUT2D eigenvalue weighted by atomic mass is 35.5. The monoisotopic (exact) mass is 463 g/mol. The van der Waals surface area contributed by atoms with Gasteiger partial charge in [0.05, 0.1) is 11.8 Å². The smallest absolute Gasteiger partial charge is 0.213 e. The van der Waals surface area contributed by atoms with Crippen LogP contribution >= 0.6 is 11.6 Å². The number of halogens is 1. The molecule has 0 saturated carbocycles. The predicted molar refractivity (Wildman–Crippen MR) is 129 cm³/mol. The third-order valence-electron chi connectivity index (χ3n) is 6.01. The summed E-state index contributed by atoms with van der Waals surface area (Å²) < 4.78 is 25.0. The first-order valence-electron chi connectivity index (χ1n) is 11.0. The van der Waals surface area contributed by atoms with Gasteiger partial charge < -0.3 is 4.90 Å². The minimum Gasteiger partial charge on any atom is -0.301 e. The number of rotatable bonds is 10. The van der Waals surface area contributed by atoms with Gasteiger partial charge in [-0.2, -0.15) is 0 Å². The molecule has 3 rings (SSSR count). The van der Waals surface area contributed by atoms with E-state index in [1.54, 1.807) is 14.1 Å². The van der Waals surface area contributed by atoms with Crippen molar-refractivity contribution in [1.82, 2.24) is 14.1 Å². The molecule has 2 aromatic rings. The van der Waals surface area contributed by atoms with Crippen LogP contribution in [0.4, 0.5) is 0 Å². The van der Waals surface area contributed by atoms with Gasteiger partial charge in [0.25, 0.3) is 0 Å². The molecule has 0 N–H and O–H groups in total. The van der Waals surface area contributed by atoms with Crippen LogP contribution in [-0.4, -0.2) is 75.1 Å². The van der Waals surface area contributed by atoms with E-state index >= 15 is 0 Å². The van der Waals surface area contributed by atoms with E-state index in [-0.39, 0.29) is 11.8 Å². The molecule has 0 spiro atoms. The summed E-state index contributed by atoms with van der Waals surface area (Å²) in [7, 11) is 0.127. The molecule has 5 nitrogen and oxygen atoms in total. The Labute approximate surface area is 192 Å². The van der Waals surface area contributed by atoms with Crippen molar-refractivity contribution in [3.8, 4) is 0 Å². The van der Waals surface area contributed by atoms with E-state index in [1.165, 1.54) is 15.4 Å². The average molecular weight is 464 g/mol. The molecule has 1 unspecified atom stereocenters. The second-order valence-corrected chi connectivity index (χ2v) is 11.1. The van der Waals surface area contributed by atoms with Crippen LogP contribution in [0.15, 0.2) is 54.6 Å². The van der Waals surface area contributed by atoms with Crippen LogP contribution in [0, 0.1) is 0 Å². The maximum absolute atomic E-state index is 11.9. The van der Waals surface area contributed by atoms with Crippen LogP contribution in [0.1, 0.15) is 36.4 Å². The van der Waals surface area contributed by atoms with Crippen LogP contribution in [0.25, 0.3) is 0 Å². The standard InChI is InChI=1S/C24H34ClN3O2S/c1-26(2)31(29,30)20-8-4-7-15-27-16-18-28(19-17-27)24(21-9-5-3-6-10-21)22-11-13-23(25)14-12-22/h3,5-6,9-14,24H,4,7-8,15-20H2,1-2H3. The van der Waals surface area contributed by atoms with Crippen LogP contribution in [0.2, 0.25) is 5.02 Å². The van der Waals surface area contributed by atoms with Gasteiger partial charge in [-0.25, -0.2) is 12.7 Å². The predicted octanol–water partition coefficient (Wildman–Crippen LogP) is 4.11. The molecule has 0 aromatic heterocycles. The molecule has 1 aliphatic heterocycles. The van der Waals surface area contributed by atoms with Crippen LogP contribution in [-0.2, 0) is 10.0 Å². The molecule has 0 bridgehead atoms. The maximum Gasteiger partial charge on any atom is 0.213 e. The van der Waals surface area contributed by atoms with Gasteiger partial charge in [-0.1, -0.05) is 60.5 Å². The van der Waals surface area contributed by atoms with Crippen LogP contribution in [0.3, 0.4) is 0 Å². The number of nitrogens with zero attached hydrogens (tertiary/aromatic N) is 3. The summed E-state index contributed by atoms with van der Waals surface area (Å²) in [6, 6.07) is 19.1. The molecule has 1 fully saturated rings. The molecule has 0 radical (unpaired) electrons. The fraction of sp³-hybridized carbons (Fsp3) is 0.500. The number of hydrogen-bond donors (Lipinski definition) is 0. The van der Waals surface area contributed by atoms with E-state index in [0.717, 1.165) is 57.0 Å². The summed E-state index contributed by atoms with van der Waals surface area (Å²) in [5.41, 5.74) is 2.58. The molecule has 1 aliphatic rings. The quantitative estimate of drug-likeness (QED) is 0.497. The second-order valence-electron chi connectivity index (χ2n) is 8.40. The molecule has 1 heterocycles. The summed E-state index contributed by atoms with van der Waals surface area (Å²) in [4.78, 5) is 5.06. The fourth-order valence-corrected chi connectivity index (χ4v) is 5.18. The third-order valence-corrected chi connectivity index (χ3v) is 8.18. The summed E-state index contributed by atoms with van der Waals surface area (Å²) in [5.74, 6) is 0.244. The second kappa shape index (κ2) is 11.4. The van der Waals surface area contributed by atoms with Gasteiger partial charge in [-0.3, -0.25) is 4.90 Å². The number of piperazine rings is 1. The Kier molecular flexibility index (Phi) is 8.93. The van der Waals surface area contributed by atoms with Crippen molar-refractivity contribution >= 4 is 21.6 Å².